The van der Waals surface area contributed by atoms with Crippen LogP contribution in [0.4, 0.5) is 39.6 Å². The Bertz CT molecular complexity index is 2210. The number of aryl methyl sites for hydroxylation is 1. The van der Waals surface area contributed by atoms with Crippen molar-refractivity contribution in [3.63, 3.8) is 0 Å². The second-order valence-electron chi connectivity index (χ2n) is 9.58. The van der Waals surface area contributed by atoms with Gasteiger partial charge in [-0.25, -0.2) is 8.78 Å². The van der Waals surface area contributed by atoms with Crippen molar-refractivity contribution >= 4 is 78.4 Å². The van der Waals surface area contributed by atoms with E-state index in [0.717, 1.165) is 55.8 Å². The van der Waals surface area contributed by atoms with Crippen molar-refractivity contribution in [3.05, 3.63) is 77.9 Å². The lowest BCUT2D eigenvalue weighted by atomic mass is 10.0. The fraction of sp³-hybridized carbons (Fsp3) is 0.0370. The second-order valence-corrected chi connectivity index (χ2v) is 15.2. The maximum atomic E-state index is 13.9. The molecule has 43 heavy (non-hydrogen) atoms. The van der Waals surface area contributed by atoms with E-state index in [1.54, 1.807) is 25.1 Å². The molecule has 0 amide bonds. The minimum Gasteiger partial charge on any atom is -0.207 e. The fourth-order valence-electron chi connectivity index (χ4n) is 4.73. The van der Waals surface area contributed by atoms with E-state index in [1.807, 2.05) is 12.1 Å². The van der Waals surface area contributed by atoms with Crippen molar-refractivity contribution in [1.29, 1.82) is 0 Å². The zero-order valence-corrected chi connectivity index (χ0v) is 25.3. The van der Waals surface area contributed by atoms with Crippen LogP contribution in [0.15, 0.2) is 74.3 Å². The van der Waals surface area contributed by atoms with E-state index in [1.165, 1.54) is 23.5 Å². The molecule has 0 saturated heterocycles. The highest BCUT2D eigenvalue weighted by Gasteiger charge is 2.67. The molecule has 4 nitrogen and oxygen atoms in total. The van der Waals surface area contributed by atoms with Crippen LogP contribution in [0.3, 0.4) is 0 Å². The van der Waals surface area contributed by atoms with Crippen LogP contribution in [0.5, 0.6) is 0 Å². The van der Waals surface area contributed by atoms with E-state index >= 15 is 0 Å². The third-order valence-electron chi connectivity index (χ3n) is 6.70. The number of aromatic nitrogens is 2. The van der Waals surface area contributed by atoms with Crippen molar-refractivity contribution in [1.82, 2.24) is 8.75 Å². The van der Waals surface area contributed by atoms with Crippen LogP contribution >= 0.6 is 44.6 Å². The lowest BCUT2D eigenvalue weighted by Crippen LogP contribution is -2.08. The fourth-order valence-corrected chi connectivity index (χ4v) is 8.73. The summed E-state index contributed by atoms with van der Waals surface area (Å²) in [4.78, 5) is -0.0557. The van der Waals surface area contributed by atoms with Crippen molar-refractivity contribution in [2.75, 3.05) is 0 Å². The van der Waals surface area contributed by atoms with E-state index in [-0.39, 0.29) is 22.3 Å². The Balaban J connectivity index is 1.35. The average Bonchev–Trinajstić information content (AvgIpc) is 3.74. The van der Waals surface area contributed by atoms with Gasteiger partial charge in [0.1, 0.15) is 38.9 Å². The summed E-state index contributed by atoms with van der Waals surface area (Å²) in [5, 5.41) is 0. The van der Waals surface area contributed by atoms with Gasteiger partial charge in [0, 0.05) is 30.6 Å². The van der Waals surface area contributed by atoms with E-state index < -0.39 is 20.9 Å². The quantitative estimate of drug-likeness (QED) is 0.169. The minimum absolute atomic E-state index is 0.145. The van der Waals surface area contributed by atoms with Crippen molar-refractivity contribution in [3.8, 4) is 41.8 Å². The lowest BCUT2D eigenvalue weighted by molar-refractivity contribution is 0.355. The zero-order chi connectivity index (χ0) is 30.4. The van der Waals surface area contributed by atoms with Crippen LogP contribution in [0.25, 0.3) is 52.8 Å². The van der Waals surface area contributed by atoms with Gasteiger partial charge >= 0.3 is 10.2 Å². The maximum absolute atomic E-state index is 13.9. The third-order valence-corrected chi connectivity index (χ3v) is 11.2. The summed E-state index contributed by atoms with van der Waals surface area (Å²) in [6.45, 7) is 1.69. The van der Waals surface area contributed by atoms with Crippen LogP contribution < -0.4 is 0 Å². The first-order chi connectivity index (χ1) is 20.2. The molecule has 1 aliphatic rings. The molecule has 0 bridgehead atoms. The molecule has 3 aromatic carbocycles. The number of halogens is 7. The molecule has 0 N–H and O–H groups in total. The predicted molar refractivity (Wildman–Crippen MR) is 163 cm³/mol. The van der Waals surface area contributed by atoms with Gasteiger partial charge in [-0.05, 0) is 72.1 Å². The number of hydrogen-bond donors (Lipinski definition) is 0. The van der Waals surface area contributed by atoms with Gasteiger partial charge < -0.3 is 0 Å². The summed E-state index contributed by atoms with van der Waals surface area (Å²) >= 11 is 4.44. The van der Waals surface area contributed by atoms with E-state index in [2.05, 4.69) is 17.5 Å². The summed E-state index contributed by atoms with van der Waals surface area (Å²) in [7, 11) is -10.3. The number of hydrogen-bond acceptors (Lipinski definition) is 7. The number of rotatable bonds is 5. The molecule has 4 heterocycles. The lowest BCUT2D eigenvalue weighted by Gasteiger charge is -2.40. The number of benzene rings is 3. The molecular formula is C27H13F7N4S5. The average molecular weight is 687 g/mol. The molecule has 16 heteroatoms. The second kappa shape index (κ2) is 9.04. The molecule has 3 aromatic heterocycles. The first-order valence-electron chi connectivity index (χ1n) is 12.1. The van der Waals surface area contributed by atoms with E-state index in [4.69, 9.17) is 0 Å². The Morgan fingerprint density at radius 1 is 0.605 bits per heavy atom. The minimum atomic E-state index is -10.3. The molecule has 7 rings (SSSR count). The van der Waals surface area contributed by atoms with Crippen LogP contribution in [0.1, 0.15) is 5.56 Å². The van der Waals surface area contributed by atoms with Gasteiger partial charge in [-0.3, -0.25) is 0 Å². The largest absolute Gasteiger partial charge is 0.313 e. The van der Waals surface area contributed by atoms with Crippen molar-refractivity contribution < 1.29 is 28.2 Å². The van der Waals surface area contributed by atoms with Crippen molar-refractivity contribution in [2.24, 2.45) is 8.73 Å². The third kappa shape index (κ3) is 4.90. The normalized spacial score (nSPS) is 14.5. The predicted octanol–water partition coefficient (Wildman–Crippen LogP) is 12.5. The first kappa shape index (κ1) is 28.3. The molecule has 1 aliphatic heterocycles. The molecule has 0 radical (unpaired) electrons. The highest BCUT2D eigenvalue weighted by Crippen LogP contribution is 3.02. The molecule has 0 fully saturated rings. The molecule has 0 saturated carbocycles. The molecular weight excluding hydrogens is 674 g/mol. The Labute approximate surface area is 254 Å². The number of nitrogens with zero attached hydrogens (tertiary/aromatic N) is 4. The molecule has 0 spiro atoms. The molecule has 0 atom stereocenters. The van der Waals surface area contributed by atoms with E-state index in [0.29, 0.717) is 50.0 Å². The number of fused-ring (bicyclic) bond motifs is 2. The van der Waals surface area contributed by atoms with Crippen LogP contribution in [0.2, 0.25) is 0 Å². The van der Waals surface area contributed by atoms with Gasteiger partial charge in [0.15, 0.2) is 0 Å². The highest BCUT2D eigenvalue weighted by atomic mass is 32.5. The highest BCUT2D eigenvalue weighted by molar-refractivity contribution is 8.45. The van der Waals surface area contributed by atoms with Gasteiger partial charge in [-0.2, -0.15) is 17.5 Å². The summed E-state index contributed by atoms with van der Waals surface area (Å²) in [5.41, 5.74) is 4.51. The van der Waals surface area contributed by atoms with Crippen LogP contribution in [-0.4, -0.2) is 8.75 Å². The Kier molecular flexibility index (Phi) is 5.96. The van der Waals surface area contributed by atoms with Crippen LogP contribution in [-0.2, 0) is 11.4 Å². The molecule has 0 aliphatic carbocycles. The topological polar surface area (TPSA) is 50.5 Å². The summed E-state index contributed by atoms with van der Waals surface area (Å²) in [5.74, 6) is -2.33. The molecule has 6 aromatic rings. The Morgan fingerprint density at radius 3 is 1.60 bits per heavy atom. The van der Waals surface area contributed by atoms with Gasteiger partial charge in [0.2, 0.25) is 0 Å². The van der Waals surface area contributed by atoms with Gasteiger partial charge in [0.05, 0.1) is 23.1 Å². The van der Waals surface area contributed by atoms with Gasteiger partial charge in [0.25, 0.3) is 0 Å². The standard InChI is InChI=1S/C27H13F7N4S5/c1-12-10-13(2-4-15(12)28)17-6-8-19(39-17)22-24-26(37-41-35-24)23(27-25(22)36-42-38-27)20-9-7-18(40-20)14-3-5-16(29)21(11-14)43(30,31,32,33)34/h2-11H,1H3. The summed E-state index contributed by atoms with van der Waals surface area (Å²) < 4.78 is 113. The summed E-state index contributed by atoms with van der Waals surface area (Å²) in [6, 6.07) is 13.4. The Morgan fingerprint density at radius 2 is 1.09 bits per heavy atom. The summed E-state index contributed by atoms with van der Waals surface area (Å²) in [6.07, 6.45) is 0. The molecule has 220 valence electrons. The first-order valence-corrected chi connectivity index (χ1v) is 17.1. The number of thiophene rings is 2. The molecule has 0 unspecified atom stereocenters. The van der Waals surface area contributed by atoms with Crippen molar-refractivity contribution in [2.45, 2.75) is 11.8 Å². The van der Waals surface area contributed by atoms with Gasteiger partial charge in [-0.15, -0.1) is 22.7 Å². The maximum Gasteiger partial charge on any atom is 0.313 e. The van der Waals surface area contributed by atoms with Gasteiger partial charge in [-0.1, -0.05) is 31.6 Å². The SMILES string of the molecule is Cc1cc(-c2ccc(-c3c4c(c(-c5ccc(-c6ccc(F)c(S(F)(F)(F)(F)F)c6)s5)c5nsnc35)N=S=N4)s2)ccc1F. The van der Waals surface area contributed by atoms with E-state index in [9.17, 15) is 28.2 Å². The zero-order valence-electron chi connectivity index (χ0n) is 21.2. The Hall–Kier alpha value is -3.44. The van der Waals surface area contributed by atoms with Crippen LogP contribution in [0, 0.1) is 18.6 Å². The smallest absolute Gasteiger partial charge is 0.207 e. The monoisotopic (exact) mass is 686 g/mol.